The summed E-state index contributed by atoms with van der Waals surface area (Å²) in [6.45, 7) is 2.09. The van der Waals surface area contributed by atoms with Gasteiger partial charge in [0.05, 0.1) is 0 Å². The molecule has 0 heterocycles. The van der Waals surface area contributed by atoms with Crippen LogP contribution in [0.1, 0.15) is 27.9 Å². The zero-order valence-electron chi connectivity index (χ0n) is 13.9. The molecule has 2 aromatic rings. The molecule has 0 spiro atoms. The first kappa shape index (κ1) is 18.6. The van der Waals surface area contributed by atoms with Crippen molar-refractivity contribution in [3.8, 4) is 0 Å². The number of amides is 2. The average molecular weight is 346 g/mol. The molecule has 0 aromatic heterocycles. The minimum atomic E-state index is -0.436. The lowest BCUT2D eigenvalue weighted by Crippen LogP contribution is -2.34. The summed E-state index contributed by atoms with van der Waals surface area (Å²) in [6, 6.07) is 10.6. The van der Waals surface area contributed by atoms with Crippen molar-refractivity contribution >= 4 is 11.8 Å². The van der Waals surface area contributed by atoms with E-state index in [1.165, 1.54) is 18.2 Å². The number of benzene rings is 2. The van der Waals surface area contributed by atoms with E-state index >= 15 is 0 Å². The van der Waals surface area contributed by atoms with E-state index in [1.807, 2.05) is 0 Å². The highest BCUT2D eigenvalue weighted by Gasteiger charge is 2.08. The van der Waals surface area contributed by atoms with Gasteiger partial charge < -0.3 is 10.6 Å². The Balaban J connectivity index is 1.68. The van der Waals surface area contributed by atoms with Crippen molar-refractivity contribution in [2.24, 2.45) is 0 Å². The summed E-state index contributed by atoms with van der Waals surface area (Å²) in [5.74, 6) is -1.39. The van der Waals surface area contributed by atoms with Crippen LogP contribution in [0.5, 0.6) is 0 Å². The summed E-state index contributed by atoms with van der Waals surface area (Å²) in [5.41, 5.74) is 1.19. The Bertz CT molecular complexity index is 763. The average Bonchev–Trinajstić information content (AvgIpc) is 2.60. The van der Waals surface area contributed by atoms with Gasteiger partial charge in [-0.25, -0.2) is 8.78 Å². The first-order chi connectivity index (χ1) is 12.0. The van der Waals surface area contributed by atoms with E-state index in [9.17, 15) is 18.4 Å². The Morgan fingerprint density at radius 3 is 2.40 bits per heavy atom. The van der Waals surface area contributed by atoms with Crippen molar-refractivity contribution in [3.63, 3.8) is 0 Å². The Kier molecular flexibility index (Phi) is 6.62. The van der Waals surface area contributed by atoms with Crippen LogP contribution in [-0.4, -0.2) is 24.9 Å². The standard InChI is InChI=1S/C19H20F2N2O2/c1-13-6-7-15(12-17(13)21)19(25)23-11-10-22-18(24)9-8-14-4-2-3-5-16(14)20/h2-7,12H,8-11H2,1H3,(H,22,24)(H,23,25). The third-order valence-electron chi connectivity index (χ3n) is 3.75. The topological polar surface area (TPSA) is 58.2 Å². The monoisotopic (exact) mass is 346 g/mol. The Morgan fingerprint density at radius 2 is 1.68 bits per heavy atom. The van der Waals surface area contributed by atoms with Gasteiger partial charge in [-0.15, -0.1) is 0 Å². The predicted molar refractivity (Wildman–Crippen MR) is 91.2 cm³/mol. The fourth-order valence-corrected chi connectivity index (χ4v) is 2.25. The van der Waals surface area contributed by atoms with Crippen molar-refractivity contribution in [3.05, 3.63) is 70.8 Å². The molecule has 0 bridgehead atoms. The third-order valence-corrected chi connectivity index (χ3v) is 3.75. The van der Waals surface area contributed by atoms with Gasteiger partial charge in [-0.1, -0.05) is 24.3 Å². The molecule has 0 aliphatic rings. The summed E-state index contributed by atoms with van der Waals surface area (Å²) in [5, 5.41) is 5.25. The van der Waals surface area contributed by atoms with Crippen molar-refractivity contribution in [1.29, 1.82) is 0 Å². The number of hydrogen-bond donors (Lipinski definition) is 2. The number of carbonyl (C=O) groups excluding carboxylic acids is 2. The SMILES string of the molecule is Cc1ccc(C(=O)NCCNC(=O)CCc2ccccc2F)cc1F. The highest BCUT2D eigenvalue weighted by Crippen LogP contribution is 2.09. The molecule has 0 unspecified atom stereocenters. The second kappa shape index (κ2) is 8.92. The van der Waals surface area contributed by atoms with E-state index in [1.54, 1.807) is 31.2 Å². The molecule has 0 fully saturated rings. The lowest BCUT2D eigenvalue weighted by molar-refractivity contribution is -0.121. The van der Waals surface area contributed by atoms with Gasteiger partial charge in [-0.2, -0.15) is 0 Å². The van der Waals surface area contributed by atoms with Gasteiger partial charge in [0.25, 0.3) is 5.91 Å². The van der Waals surface area contributed by atoms with Gasteiger partial charge in [0, 0.05) is 25.1 Å². The summed E-state index contributed by atoms with van der Waals surface area (Å²) in [6.07, 6.45) is 0.478. The maximum absolute atomic E-state index is 13.4. The summed E-state index contributed by atoms with van der Waals surface area (Å²) in [7, 11) is 0. The van der Waals surface area contributed by atoms with Crippen LogP contribution in [0.2, 0.25) is 0 Å². The van der Waals surface area contributed by atoms with E-state index in [-0.39, 0.29) is 36.8 Å². The molecule has 2 amide bonds. The lowest BCUT2D eigenvalue weighted by atomic mass is 10.1. The van der Waals surface area contributed by atoms with Crippen LogP contribution in [0, 0.1) is 18.6 Å². The van der Waals surface area contributed by atoms with Crippen molar-refractivity contribution < 1.29 is 18.4 Å². The molecule has 2 N–H and O–H groups in total. The molecule has 0 saturated carbocycles. The number of aryl methyl sites for hydroxylation is 2. The molecule has 2 aromatic carbocycles. The summed E-state index contributed by atoms with van der Waals surface area (Å²) in [4.78, 5) is 23.6. The molecule has 2 rings (SSSR count). The normalized spacial score (nSPS) is 10.4. The second-order valence-electron chi connectivity index (χ2n) is 5.66. The van der Waals surface area contributed by atoms with Gasteiger partial charge in [-0.3, -0.25) is 9.59 Å². The van der Waals surface area contributed by atoms with E-state index in [4.69, 9.17) is 0 Å². The maximum atomic E-state index is 13.4. The van der Waals surface area contributed by atoms with Crippen molar-refractivity contribution in [2.45, 2.75) is 19.8 Å². The fourth-order valence-electron chi connectivity index (χ4n) is 2.25. The smallest absolute Gasteiger partial charge is 0.251 e. The molecule has 0 radical (unpaired) electrons. The van der Waals surface area contributed by atoms with E-state index in [2.05, 4.69) is 10.6 Å². The summed E-state index contributed by atoms with van der Waals surface area (Å²) < 4.78 is 26.9. The minimum absolute atomic E-state index is 0.165. The van der Waals surface area contributed by atoms with Gasteiger partial charge >= 0.3 is 0 Å². The third kappa shape index (κ3) is 5.67. The van der Waals surface area contributed by atoms with E-state index < -0.39 is 11.7 Å². The highest BCUT2D eigenvalue weighted by molar-refractivity contribution is 5.94. The minimum Gasteiger partial charge on any atom is -0.354 e. The molecule has 0 aliphatic carbocycles. The van der Waals surface area contributed by atoms with Gasteiger partial charge in [0.1, 0.15) is 11.6 Å². The van der Waals surface area contributed by atoms with E-state index in [0.717, 1.165) is 0 Å². The molecule has 4 nitrogen and oxygen atoms in total. The number of hydrogen-bond acceptors (Lipinski definition) is 2. The molecule has 132 valence electrons. The quantitative estimate of drug-likeness (QED) is 0.758. The molecule has 6 heteroatoms. The first-order valence-electron chi connectivity index (χ1n) is 8.02. The van der Waals surface area contributed by atoms with Crippen LogP contribution in [0.4, 0.5) is 8.78 Å². The highest BCUT2D eigenvalue weighted by atomic mass is 19.1. The van der Waals surface area contributed by atoms with Gasteiger partial charge in [0.15, 0.2) is 0 Å². The van der Waals surface area contributed by atoms with Crippen LogP contribution < -0.4 is 10.6 Å². The van der Waals surface area contributed by atoms with Crippen molar-refractivity contribution in [1.82, 2.24) is 10.6 Å². The van der Waals surface area contributed by atoms with Crippen LogP contribution in [0.25, 0.3) is 0 Å². The van der Waals surface area contributed by atoms with Crippen LogP contribution >= 0.6 is 0 Å². The number of rotatable bonds is 7. The largest absolute Gasteiger partial charge is 0.354 e. The Hall–Kier alpha value is -2.76. The molecule has 0 atom stereocenters. The Morgan fingerprint density at radius 1 is 0.960 bits per heavy atom. The van der Waals surface area contributed by atoms with Crippen LogP contribution in [-0.2, 0) is 11.2 Å². The zero-order chi connectivity index (χ0) is 18.2. The summed E-state index contributed by atoms with van der Waals surface area (Å²) >= 11 is 0. The Labute approximate surface area is 145 Å². The number of carbonyl (C=O) groups is 2. The predicted octanol–water partition coefficient (Wildman–Crippen LogP) is 2.75. The van der Waals surface area contributed by atoms with Gasteiger partial charge in [0.2, 0.25) is 5.91 Å². The van der Waals surface area contributed by atoms with Gasteiger partial charge in [-0.05, 0) is 42.7 Å². The molecule has 25 heavy (non-hydrogen) atoms. The molecule has 0 saturated heterocycles. The maximum Gasteiger partial charge on any atom is 0.251 e. The second-order valence-corrected chi connectivity index (χ2v) is 5.66. The van der Waals surface area contributed by atoms with Crippen molar-refractivity contribution in [2.75, 3.05) is 13.1 Å². The molecular formula is C19H20F2N2O2. The lowest BCUT2D eigenvalue weighted by Gasteiger charge is -2.08. The fraction of sp³-hybridized carbons (Fsp3) is 0.263. The van der Waals surface area contributed by atoms with Crippen LogP contribution in [0.15, 0.2) is 42.5 Å². The van der Waals surface area contributed by atoms with E-state index in [0.29, 0.717) is 17.5 Å². The molecule has 0 aliphatic heterocycles. The number of halogens is 2. The zero-order valence-corrected chi connectivity index (χ0v) is 13.9. The number of nitrogens with one attached hydrogen (secondary N) is 2. The molecular weight excluding hydrogens is 326 g/mol. The first-order valence-corrected chi connectivity index (χ1v) is 8.02. The van der Waals surface area contributed by atoms with Crippen LogP contribution in [0.3, 0.4) is 0 Å².